The van der Waals surface area contributed by atoms with Crippen LogP contribution in [-0.4, -0.2) is 17.2 Å². The molecule has 7 heteroatoms. The van der Waals surface area contributed by atoms with Crippen molar-refractivity contribution in [2.75, 3.05) is 5.32 Å². The van der Waals surface area contributed by atoms with E-state index in [1.54, 1.807) is 24.3 Å². The summed E-state index contributed by atoms with van der Waals surface area (Å²) in [7, 11) is 0. The molecule has 0 saturated heterocycles. The fourth-order valence-electron chi connectivity index (χ4n) is 3.01. The van der Waals surface area contributed by atoms with Crippen LogP contribution >= 0.6 is 11.6 Å². The Morgan fingerprint density at radius 3 is 1.69 bits per heavy atom. The molecule has 6 nitrogen and oxygen atoms in total. The molecule has 0 aliphatic heterocycles. The van der Waals surface area contributed by atoms with Crippen molar-refractivity contribution in [2.24, 2.45) is 0 Å². The SMILES string of the molecule is O=C(O)N[C@H](c1ccccc1)[C@@H](NC(=O)Nc1ccc(Cl)cc1)c1ccccc1. The molecule has 148 valence electrons. The highest BCUT2D eigenvalue weighted by molar-refractivity contribution is 6.30. The van der Waals surface area contributed by atoms with Crippen molar-refractivity contribution in [1.82, 2.24) is 10.6 Å². The van der Waals surface area contributed by atoms with Gasteiger partial charge in [0.15, 0.2) is 0 Å². The maximum Gasteiger partial charge on any atom is 0.405 e. The second-order valence-corrected chi connectivity index (χ2v) is 6.77. The van der Waals surface area contributed by atoms with Gasteiger partial charge in [-0.05, 0) is 35.4 Å². The van der Waals surface area contributed by atoms with Gasteiger partial charge in [-0.25, -0.2) is 9.59 Å². The minimum atomic E-state index is -1.18. The van der Waals surface area contributed by atoms with E-state index in [1.165, 1.54) is 0 Å². The molecule has 0 spiro atoms. The maximum atomic E-state index is 12.7. The van der Waals surface area contributed by atoms with Crippen molar-refractivity contribution >= 4 is 29.4 Å². The minimum Gasteiger partial charge on any atom is -0.465 e. The first-order valence-electron chi connectivity index (χ1n) is 8.95. The molecular weight excluding hydrogens is 390 g/mol. The molecule has 0 radical (unpaired) electrons. The summed E-state index contributed by atoms with van der Waals surface area (Å²) < 4.78 is 0. The van der Waals surface area contributed by atoms with Crippen LogP contribution in [-0.2, 0) is 0 Å². The van der Waals surface area contributed by atoms with Crippen LogP contribution in [0.1, 0.15) is 23.2 Å². The van der Waals surface area contributed by atoms with Gasteiger partial charge in [0.1, 0.15) is 0 Å². The van der Waals surface area contributed by atoms with Crippen LogP contribution in [0.2, 0.25) is 5.02 Å². The largest absolute Gasteiger partial charge is 0.465 e. The van der Waals surface area contributed by atoms with Crippen molar-refractivity contribution in [3.63, 3.8) is 0 Å². The van der Waals surface area contributed by atoms with Crippen molar-refractivity contribution < 1.29 is 14.7 Å². The number of urea groups is 1. The average molecular weight is 410 g/mol. The Balaban J connectivity index is 1.89. The number of carbonyl (C=O) groups is 2. The molecule has 0 fully saturated rings. The zero-order chi connectivity index (χ0) is 20.6. The standard InChI is InChI=1S/C22H20ClN3O3/c23-17-11-13-18(14-12-17)24-21(27)25-19(15-7-3-1-4-8-15)20(26-22(28)29)16-9-5-2-6-10-16/h1-14,19-20,26H,(H,28,29)(H2,24,25,27)/t19-,20+/m0/s1. The van der Waals surface area contributed by atoms with E-state index in [4.69, 9.17) is 11.6 Å². The Morgan fingerprint density at radius 1 is 0.724 bits per heavy atom. The highest BCUT2D eigenvalue weighted by Gasteiger charge is 2.28. The maximum absolute atomic E-state index is 12.7. The molecule has 0 aliphatic carbocycles. The molecule has 0 unspecified atom stereocenters. The summed E-state index contributed by atoms with van der Waals surface area (Å²) >= 11 is 5.88. The number of benzene rings is 3. The fraction of sp³-hybridized carbons (Fsp3) is 0.0909. The summed E-state index contributed by atoms with van der Waals surface area (Å²) in [6.45, 7) is 0. The van der Waals surface area contributed by atoms with Gasteiger partial charge in [-0.1, -0.05) is 72.3 Å². The summed E-state index contributed by atoms with van der Waals surface area (Å²) in [4.78, 5) is 24.1. The minimum absolute atomic E-state index is 0.464. The molecule has 2 atom stereocenters. The molecule has 3 rings (SSSR count). The molecular formula is C22H20ClN3O3. The number of rotatable bonds is 6. The average Bonchev–Trinajstić information content (AvgIpc) is 2.73. The number of amides is 3. The Bertz CT molecular complexity index is 950. The molecule has 3 amide bonds. The second-order valence-electron chi connectivity index (χ2n) is 6.33. The van der Waals surface area contributed by atoms with Crippen LogP contribution in [0.15, 0.2) is 84.9 Å². The van der Waals surface area contributed by atoms with E-state index in [0.29, 0.717) is 10.7 Å². The van der Waals surface area contributed by atoms with E-state index < -0.39 is 24.2 Å². The lowest BCUT2D eigenvalue weighted by Gasteiger charge is -2.29. The van der Waals surface area contributed by atoms with Crippen LogP contribution in [0.4, 0.5) is 15.3 Å². The molecule has 0 aromatic heterocycles. The third kappa shape index (κ3) is 5.73. The van der Waals surface area contributed by atoms with E-state index in [-0.39, 0.29) is 0 Å². The normalized spacial score (nSPS) is 12.4. The molecule has 4 N–H and O–H groups in total. The van der Waals surface area contributed by atoms with Crippen LogP contribution in [0.3, 0.4) is 0 Å². The first-order chi connectivity index (χ1) is 14.0. The van der Waals surface area contributed by atoms with E-state index >= 15 is 0 Å². The molecule has 3 aromatic carbocycles. The van der Waals surface area contributed by atoms with Gasteiger partial charge in [0.05, 0.1) is 12.1 Å². The zero-order valence-electron chi connectivity index (χ0n) is 15.4. The number of halogens is 1. The number of carboxylic acid groups (broad SMARTS) is 1. The lowest BCUT2D eigenvalue weighted by atomic mass is 9.93. The van der Waals surface area contributed by atoms with Gasteiger partial charge >= 0.3 is 12.1 Å². The van der Waals surface area contributed by atoms with Crippen molar-refractivity contribution in [1.29, 1.82) is 0 Å². The van der Waals surface area contributed by atoms with Gasteiger partial charge in [-0.3, -0.25) is 0 Å². The molecule has 0 saturated carbocycles. The molecule has 3 aromatic rings. The van der Waals surface area contributed by atoms with E-state index in [2.05, 4.69) is 16.0 Å². The van der Waals surface area contributed by atoms with E-state index in [0.717, 1.165) is 11.1 Å². The number of nitrogens with one attached hydrogen (secondary N) is 3. The summed E-state index contributed by atoms with van der Waals surface area (Å²) in [6, 6.07) is 23.3. The van der Waals surface area contributed by atoms with E-state index in [1.807, 2.05) is 60.7 Å². The number of hydrogen-bond donors (Lipinski definition) is 4. The van der Waals surface area contributed by atoms with Gasteiger partial charge in [0, 0.05) is 10.7 Å². The summed E-state index contributed by atoms with van der Waals surface area (Å²) in [5, 5.41) is 18.1. The van der Waals surface area contributed by atoms with E-state index in [9.17, 15) is 14.7 Å². The Kier molecular flexibility index (Phi) is 6.71. The second kappa shape index (κ2) is 9.61. The summed E-state index contributed by atoms with van der Waals surface area (Å²) in [5.41, 5.74) is 2.07. The number of hydrogen-bond acceptors (Lipinski definition) is 2. The van der Waals surface area contributed by atoms with Gasteiger partial charge in [0.25, 0.3) is 0 Å². The monoisotopic (exact) mass is 409 g/mol. The Labute approximate surface area is 173 Å². The third-order valence-corrected chi connectivity index (χ3v) is 4.57. The highest BCUT2D eigenvalue weighted by Crippen LogP contribution is 2.29. The Hall–Kier alpha value is -3.51. The first kappa shape index (κ1) is 20.2. The van der Waals surface area contributed by atoms with Crippen molar-refractivity contribution in [3.05, 3.63) is 101 Å². The number of carbonyl (C=O) groups excluding carboxylic acids is 1. The first-order valence-corrected chi connectivity index (χ1v) is 9.33. The van der Waals surface area contributed by atoms with Gasteiger partial charge in [-0.15, -0.1) is 0 Å². The van der Waals surface area contributed by atoms with Crippen LogP contribution in [0, 0.1) is 0 Å². The molecule has 0 bridgehead atoms. The van der Waals surface area contributed by atoms with Gasteiger partial charge in [0.2, 0.25) is 0 Å². The Morgan fingerprint density at radius 2 is 1.21 bits per heavy atom. The predicted octanol–water partition coefficient (Wildman–Crippen LogP) is 5.21. The smallest absolute Gasteiger partial charge is 0.405 e. The molecule has 0 aliphatic rings. The molecule has 0 heterocycles. The van der Waals surface area contributed by atoms with Gasteiger partial charge in [-0.2, -0.15) is 0 Å². The summed E-state index contributed by atoms with van der Waals surface area (Å²) in [5.74, 6) is 0. The van der Waals surface area contributed by atoms with Crippen LogP contribution < -0.4 is 16.0 Å². The third-order valence-electron chi connectivity index (χ3n) is 4.32. The van der Waals surface area contributed by atoms with Crippen molar-refractivity contribution in [2.45, 2.75) is 12.1 Å². The van der Waals surface area contributed by atoms with Crippen LogP contribution in [0.25, 0.3) is 0 Å². The van der Waals surface area contributed by atoms with Crippen molar-refractivity contribution in [3.8, 4) is 0 Å². The molecule has 29 heavy (non-hydrogen) atoms. The predicted molar refractivity (Wildman–Crippen MR) is 113 cm³/mol. The lowest BCUT2D eigenvalue weighted by molar-refractivity contribution is 0.185. The number of anilines is 1. The zero-order valence-corrected chi connectivity index (χ0v) is 16.1. The van der Waals surface area contributed by atoms with Gasteiger partial charge < -0.3 is 21.1 Å². The quantitative estimate of drug-likeness (QED) is 0.450. The highest BCUT2D eigenvalue weighted by atomic mass is 35.5. The summed E-state index contributed by atoms with van der Waals surface area (Å²) in [6.07, 6.45) is -1.18. The topological polar surface area (TPSA) is 90.5 Å². The lowest BCUT2D eigenvalue weighted by Crippen LogP contribution is -2.41. The fourth-order valence-corrected chi connectivity index (χ4v) is 3.14. The van der Waals surface area contributed by atoms with Crippen LogP contribution in [0.5, 0.6) is 0 Å².